The largest absolute Gasteiger partial charge is 0.489 e. The van der Waals surface area contributed by atoms with Crippen LogP contribution < -0.4 is 4.74 Å². The van der Waals surface area contributed by atoms with Gasteiger partial charge in [0, 0.05) is 15.5 Å². The van der Waals surface area contributed by atoms with E-state index >= 15 is 0 Å². The Morgan fingerprint density at radius 1 is 1.10 bits per heavy atom. The van der Waals surface area contributed by atoms with Crippen LogP contribution in [0, 0.1) is 13.8 Å². The van der Waals surface area contributed by atoms with E-state index in [2.05, 4.69) is 30.0 Å². The molecule has 0 aliphatic heterocycles. The van der Waals surface area contributed by atoms with Crippen molar-refractivity contribution in [1.29, 1.82) is 0 Å². The summed E-state index contributed by atoms with van der Waals surface area (Å²) in [4.78, 5) is 11.6. The number of rotatable bonds is 4. The second kappa shape index (κ2) is 7.13. The molecule has 0 amide bonds. The van der Waals surface area contributed by atoms with Crippen LogP contribution in [0.2, 0.25) is 5.02 Å². The van der Waals surface area contributed by atoms with Gasteiger partial charge in [-0.3, -0.25) is 0 Å². The van der Waals surface area contributed by atoms with E-state index in [0.29, 0.717) is 17.5 Å². The van der Waals surface area contributed by atoms with Crippen molar-refractivity contribution >= 4 is 38.8 Å². The van der Waals surface area contributed by atoms with Gasteiger partial charge in [-0.2, -0.15) is 0 Å². The van der Waals surface area contributed by atoms with Gasteiger partial charge in [0.1, 0.15) is 23.5 Å². The van der Waals surface area contributed by atoms with E-state index in [1.54, 1.807) is 22.2 Å². The van der Waals surface area contributed by atoms with E-state index in [9.17, 15) is 0 Å². The summed E-state index contributed by atoms with van der Waals surface area (Å²) in [7, 11) is 0. The van der Waals surface area contributed by atoms with Gasteiger partial charge in [0.25, 0.3) is 0 Å². The van der Waals surface area contributed by atoms with Crippen LogP contribution in [-0.2, 0) is 6.61 Å². The Morgan fingerprint density at radius 3 is 2.76 bits per heavy atom. The molecular weight excluding hydrogens is 404 g/mol. The Kier molecular flexibility index (Phi) is 4.45. The molecule has 0 aliphatic rings. The molecule has 144 valence electrons. The zero-order chi connectivity index (χ0) is 20.0. The lowest BCUT2D eigenvalue weighted by Crippen LogP contribution is -1.96. The molecule has 0 bridgehead atoms. The summed E-state index contributed by atoms with van der Waals surface area (Å²) in [5.74, 6) is 1.46. The molecule has 0 radical (unpaired) electrons. The zero-order valence-corrected chi connectivity index (χ0v) is 17.5. The topological polar surface area (TPSA) is 52.3 Å². The van der Waals surface area contributed by atoms with Gasteiger partial charge in [0.15, 0.2) is 11.5 Å². The minimum atomic E-state index is 0.456. The summed E-state index contributed by atoms with van der Waals surface area (Å²) in [6.45, 7) is 4.68. The highest BCUT2D eigenvalue weighted by atomic mass is 35.5. The first-order chi connectivity index (χ1) is 14.1. The van der Waals surface area contributed by atoms with Crippen molar-refractivity contribution in [3.8, 4) is 17.1 Å². The van der Waals surface area contributed by atoms with Crippen LogP contribution in [0.25, 0.3) is 27.3 Å². The molecule has 0 N–H and O–H groups in total. The minimum Gasteiger partial charge on any atom is -0.489 e. The molecule has 29 heavy (non-hydrogen) atoms. The van der Waals surface area contributed by atoms with Crippen LogP contribution in [0.3, 0.4) is 0 Å². The van der Waals surface area contributed by atoms with E-state index in [1.807, 2.05) is 42.5 Å². The van der Waals surface area contributed by atoms with Gasteiger partial charge in [-0.05, 0) is 55.3 Å². The third-order valence-corrected chi connectivity index (χ3v) is 6.28. The molecule has 5 aromatic rings. The lowest BCUT2D eigenvalue weighted by atomic mass is 10.1. The number of hydrogen-bond donors (Lipinski definition) is 0. The highest BCUT2D eigenvalue weighted by Gasteiger charge is 2.15. The highest BCUT2D eigenvalue weighted by molar-refractivity contribution is 7.18. The van der Waals surface area contributed by atoms with Gasteiger partial charge in [-0.25, -0.2) is 14.5 Å². The summed E-state index contributed by atoms with van der Waals surface area (Å²) in [6, 6.07) is 15.4. The van der Waals surface area contributed by atoms with Crippen molar-refractivity contribution in [1.82, 2.24) is 19.6 Å². The number of ether oxygens (including phenoxy) is 1. The predicted octanol–water partition coefficient (Wildman–Crippen LogP) is 5.86. The van der Waals surface area contributed by atoms with Crippen LogP contribution in [0.15, 0.2) is 54.9 Å². The average molecular weight is 421 g/mol. The average Bonchev–Trinajstić information content (AvgIpc) is 3.29. The Labute approximate surface area is 176 Å². The zero-order valence-electron chi connectivity index (χ0n) is 15.9. The fraction of sp³-hybridized carbons (Fsp3) is 0.136. The van der Waals surface area contributed by atoms with E-state index in [1.165, 1.54) is 10.4 Å². The number of thiophene rings is 1. The molecule has 0 unspecified atom stereocenters. The molecule has 5 rings (SSSR count). The second-order valence-corrected chi connectivity index (χ2v) is 8.49. The second-order valence-electron chi connectivity index (χ2n) is 6.85. The first kappa shape index (κ1) is 18.1. The van der Waals surface area contributed by atoms with Crippen molar-refractivity contribution < 1.29 is 4.74 Å². The van der Waals surface area contributed by atoms with Crippen molar-refractivity contribution in [3.05, 3.63) is 75.9 Å². The Hall–Kier alpha value is -2.96. The Morgan fingerprint density at radius 2 is 1.93 bits per heavy atom. The van der Waals surface area contributed by atoms with Gasteiger partial charge in [-0.1, -0.05) is 29.8 Å². The summed E-state index contributed by atoms with van der Waals surface area (Å²) in [6.07, 6.45) is 1.73. The van der Waals surface area contributed by atoms with Crippen LogP contribution in [0.4, 0.5) is 0 Å². The fourth-order valence-electron chi connectivity index (χ4n) is 3.26. The summed E-state index contributed by atoms with van der Waals surface area (Å²) >= 11 is 7.61. The van der Waals surface area contributed by atoms with E-state index < -0.39 is 0 Å². The maximum Gasteiger partial charge on any atom is 0.182 e. The monoisotopic (exact) mass is 420 g/mol. The molecule has 7 heteroatoms. The van der Waals surface area contributed by atoms with Crippen LogP contribution in [0.1, 0.15) is 16.0 Å². The normalized spacial score (nSPS) is 11.4. The number of halogens is 1. The smallest absolute Gasteiger partial charge is 0.182 e. The van der Waals surface area contributed by atoms with Crippen LogP contribution in [-0.4, -0.2) is 19.6 Å². The summed E-state index contributed by atoms with van der Waals surface area (Å²) in [5, 5.41) is 6.42. The molecule has 5 nitrogen and oxygen atoms in total. The molecule has 3 aromatic heterocycles. The van der Waals surface area contributed by atoms with Crippen LogP contribution >= 0.6 is 22.9 Å². The molecule has 0 atom stereocenters. The fourth-order valence-corrected chi connectivity index (χ4v) is 4.38. The maximum atomic E-state index is 5.92. The van der Waals surface area contributed by atoms with Crippen molar-refractivity contribution in [2.75, 3.05) is 0 Å². The van der Waals surface area contributed by atoms with Gasteiger partial charge in [-0.15, -0.1) is 16.4 Å². The minimum absolute atomic E-state index is 0.456. The number of fused-ring (bicyclic) bond motifs is 3. The summed E-state index contributed by atoms with van der Waals surface area (Å²) < 4.78 is 7.62. The standard InChI is InChI=1S/C22H17ClN4OS/c1-13-14(2)29-22-19(13)21-25-20(26-27(21)12-24-22)16-5-3-4-15(10-16)11-28-18-8-6-17(23)7-9-18/h3-10,12H,11H2,1-2H3. The van der Waals surface area contributed by atoms with Crippen molar-refractivity contribution in [3.63, 3.8) is 0 Å². The lowest BCUT2D eigenvalue weighted by Gasteiger charge is -2.07. The number of aryl methyl sites for hydroxylation is 2. The van der Waals surface area contributed by atoms with Gasteiger partial charge in [0.05, 0.1) is 5.39 Å². The molecule has 0 saturated heterocycles. The van der Waals surface area contributed by atoms with E-state index in [0.717, 1.165) is 32.7 Å². The van der Waals surface area contributed by atoms with Gasteiger partial charge >= 0.3 is 0 Å². The van der Waals surface area contributed by atoms with Crippen LogP contribution in [0.5, 0.6) is 5.75 Å². The van der Waals surface area contributed by atoms with Gasteiger partial charge in [0.2, 0.25) is 0 Å². The third kappa shape index (κ3) is 3.34. The van der Waals surface area contributed by atoms with E-state index in [-0.39, 0.29) is 0 Å². The molecule has 0 spiro atoms. The number of aromatic nitrogens is 4. The molecule has 2 aromatic carbocycles. The maximum absolute atomic E-state index is 5.92. The Bertz CT molecular complexity index is 1340. The number of benzene rings is 2. The highest BCUT2D eigenvalue weighted by Crippen LogP contribution is 2.31. The third-order valence-electron chi connectivity index (χ3n) is 4.91. The predicted molar refractivity (Wildman–Crippen MR) is 117 cm³/mol. The Balaban J connectivity index is 1.47. The van der Waals surface area contributed by atoms with E-state index in [4.69, 9.17) is 21.3 Å². The SMILES string of the molecule is Cc1sc2ncn3nc(-c4cccc(COc5ccc(Cl)cc5)c4)nc3c2c1C. The molecule has 0 saturated carbocycles. The molecule has 0 fully saturated rings. The summed E-state index contributed by atoms with van der Waals surface area (Å²) in [5.41, 5.74) is 4.05. The lowest BCUT2D eigenvalue weighted by molar-refractivity contribution is 0.306. The van der Waals surface area contributed by atoms with Crippen molar-refractivity contribution in [2.45, 2.75) is 20.5 Å². The van der Waals surface area contributed by atoms with Crippen molar-refractivity contribution in [2.24, 2.45) is 0 Å². The molecule has 3 heterocycles. The quantitative estimate of drug-likeness (QED) is 0.365. The first-order valence-corrected chi connectivity index (χ1v) is 10.4. The number of nitrogens with zero attached hydrogens (tertiary/aromatic N) is 4. The van der Waals surface area contributed by atoms with Gasteiger partial charge < -0.3 is 4.74 Å². The molecule has 0 aliphatic carbocycles. The number of hydrogen-bond acceptors (Lipinski definition) is 5. The first-order valence-electron chi connectivity index (χ1n) is 9.17. The molecular formula is C22H17ClN4OS.